The normalized spacial score (nSPS) is 27.4. The molecule has 0 aliphatic carbocycles. The number of carbonyl (C=O) groups excluding carboxylic acids is 2. The average Bonchev–Trinajstić information content (AvgIpc) is 2.82. The molecule has 0 spiro atoms. The Balaban J connectivity index is 1.92. The maximum atomic E-state index is 13.9. The second-order valence-corrected chi connectivity index (χ2v) is 5.82. The van der Waals surface area contributed by atoms with E-state index in [9.17, 15) is 18.8 Å². The number of halogens is 1. The smallest absolute Gasteiger partial charge is 0.343 e. The zero-order valence-corrected chi connectivity index (χ0v) is 12.0. The molecule has 0 radical (unpaired) electrons. The zero-order valence-electron chi connectivity index (χ0n) is 12.0. The lowest BCUT2D eigenvalue weighted by atomic mass is 10.1. The monoisotopic (exact) mass is 300 g/mol. The number of rotatable bonds is 3. The van der Waals surface area contributed by atoms with Gasteiger partial charge in [-0.1, -0.05) is 12.8 Å². The molecule has 0 aromatic carbocycles. The Hall–Kier alpha value is -1.66. The number of carboxylic acid groups (broad SMARTS) is 1. The average molecular weight is 300 g/mol. The molecule has 2 amide bonds. The lowest BCUT2D eigenvalue weighted by Crippen LogP contribution is -2.45. The second-order valence-electron chi connectivity index (χ2n) is 5.82. The minimum absolute atomic E-state index is 0.0491. The molecule has 2 rings (SSSR count). The fourth-order valence-electron chi connectivity index (χ4n) is 2.81. The molecule has 21 heavy (non-hydrogen) atoms. The Kier molecular flexibility index (Phi) is 4.80. The van der Waals surface area contributed by atoms with Crippen LogP contribution in [0.3, 0.4) is 0 Å². The van der Waals surface area contributed by atoms with Gasteiger partial charge in [0, 0.05) is 25.9 Å². The van der Waals surface area contributed by atoms with E-state index in [0.717, 1.165) is 25.7 Å². The molecule has 0 saturated carbocycles. The molecule has 2 aliphatic heterocycles. The van der Waals surface area contributed by atoms with Gasteiger partial charge >= 0.3 is 5.97 Å². The highest BCUT2D eigenvalue weighted by molar-refractivity contribution is 5.86. The van der Waals surface area contributed by atoms with Gasteiger partial charge in [0.1, 0.15) is 0 Å². The van der Waals surface area contributed by atoms with Crippen molar-refractivity contribution in [1.82, 2.24) is 9.80 Å². The summed E-state index contributed by atoms with van der Waals surface area (Å²) in [5.74, 6) is -1.95. The topological polar surface area (TPSA) is 77.9 Å². The first-order chi connectivity index (χ1) is 9.92. The maximum Gasteiger partial charge on any atom is 0.343 e. The fourth-order valence-corrected chi connectivity index (χ4v) is 2.81. The summed E-state index contributed by atoms with van der Waals surface area (Å²) in [6.45, 7) is 0.125. The van der Waals surface area contributed by atoms with Crippen molar-refractivity contribution in [3.63, 3.8) is 0 Å². The number of aliphatic carboxylic acids is 1. The Bertz CT molecular complexity index is 443. The van der Waals surface area contributed by atoms with Crippen molar-refractivity contribution in [2.24, 2.45) is 0 Å². The first-order valence-corrected chi connectivity index (χ1v) is 7.40. The third kappa shape index (κ3) is 3.71. The molecule has 1 atom stereocenters. The van der Waals surface area contributed by atoms with Gasteiger partial charge in [0.2, 0.25) is 17.5 Å². The van der Waals surface area contributed by atoms with Gasteiger partial charge in [0.15, 0.2) is 0 Å². The molecule has 2 heterocycles. The summed E-state index contributed by atoms with van der Waals surface area (Å²) in [5.41, 5.74) is -2.35. The van der Waals surface area contributed by atoms with Crippen molar-refractivity contribution in [2.75, 3.05) is 26.2 Å². The van der Waals surface area contributed by atoms with E-state index in [0.29, 0.717) is 13.0 Å². The number of likely N-dealkylation sites (tertiary alicyclic amines) is 2. The summed E-state index contributed by atoms with van der Waals surface area (Å²) in [7, 11) is 0. The highest BCUT2D eigenvalue weighted by atomic mass is 19.1. The molecule has 6 nitrogen and oxygen atoms in total. The Morgan fingerprint density at radius 2 is 1.90 bits per heavy atom. The number of carbonyl (C=O) groups is 3. The SMILES string of the molecule is O=C1CCCCCCN1CC(=O)N1CCC(F)(C(=O)O)C1. The number of alkyl halides is 1. The second kappa shape index (κ2) is 6.41. The third-order valence-electron chi connectivity index (χ3n) is 4.20. The van der Waals surface area contributed by atoms with Crippen LogP contribution in [0.4, 0.5) is 4.39 Å². The van der Waals surface area contributed by atoms with E-state index in [2.05, 4.69) is 0 Å². The van der Waals surface area contributed by atoms with Crippen molar-refractivity contribution >= 4 is 17.8 Å². The molecule has 1 N–H and O–H groups in total. The summed E-state index contributed by atoms with van der Waals surface area (Å²) >= 11 is 0. The lowest BCUT2D eigenvalue weighted by molar-refractivity contribution is -0.150. The van der Waals surface area contributed by atoms with Crippen molar-refractivity contribution < 1.29 is 23.9 Å². The first-order valence-electron chi connectivity index (χ1n) is 7.40. The van der Waals surface area contributed by atoms with E-state index in [4.69, 9.17) is 5.11 Å². The van der Waals surface area contributed by atoms with Gasteiger partial charge in [-0.3, -0.25) is 9.59 Å². The maximum absolute atomic E-state index is 13.9. The van der Waals surface area contributed by atoms with Crippen LogP contribution in [0.2, 0.25) is 0 Å². The minimum atomic E-state index is -2.35. The van der Waals surface area contributed by atoms with Crippen LogP contribution in [0.25, 0.3) is 0 Å². The molecular formula is C14H21FN2O4. The third-order valence-corrected chi connectivity index (χ3v) is 4.20. The highest BCUT2D eigenvalue weighted by Gasteiger charge is 2.47. The summed E-state index contributed by atoms with van der Waals surface area (Å²) < 4.78 is 13.9. The number of carboxylic acids is 1. The Morgan fingerprint density at radius 3 is 2.57 bits per heavy atom. The van der Waals surface area contributed by atoms with Crippen LogP contribution < -0.4 is 0 Å². The van der Waals surface area contributed by atoms with Gasteiger partial charge in [-0.2, -0.15) is 0 Å². The van der Waals surface area contributed by atoms with Gasteiger partial charge in [0.05, 0.1) is 13.1 Å². The molecule has 2 aliphatic rings. The van der Waals surface area contributed by atoms with E-state index >= 15 is 0 Å². The quantitative estimate of drug-likeness (QED) is 0.836. The molecular weight excluding hydrogens is 279 g/mol. The van der Waals surface area contributed by atoms with E-state index in [1.54, 1.807) is 0 Å². The largest absolute Gasteiger partial charge is 0.479 e. The van der Waals surface area contributed by atoms with Crippen LogP contribution >= 0.6 is 0 Å². The van der Waals surface area contributed by atoms with Gasteiger partial charge in [-0.05, 0) is 12.8 Å². The first kappa shape index (κ1) is 15.7. The standard InChI is InChI=1S/C14H21FN2O4/c15-14(13(20)21)6-8-17(10-14)12(19)9-16-7-4-2-1-3-5-11(16)18/h1-10H2,(H,20,21). The molecule has 2 fully saturated rings. The number of hydrogen-bond acceptors (Lipinski definition) is 3. The fraction of sp³-hybridized carbons (Fsp3) is 0.786. The molecule has 118 valence electrons. The van der Waals surface area contributed by atoms with E-state index in [1.165, 1.54) is 9.80 Å². The van der Waals surface area contributed by atoms with Crippen LogP contribution in [0, 0.1) is 0 Å². The van der Waals surface area contributed by atoms with Crippen molar-refractivity contribution in [3.8, 4) is 0 Å². The Morgan fingerprint density at radius 1 is 1.19 bits per heavy atom. The molecule has 0 aromatic heterocycles. The number of nitrogens with zero attached hydrogens (tertiary/aromatic N) is 2. The molecule has 7 heteroatoms. The lowest BCUT2D eigenvalue weighted by Gasteiger charge is -2.26. The van der Waals surface area contributed by atoms with Crippen LogP contribution in [-0.4, -0.2) is 64.5 Å². The minimum Gasteiger partial charge on any atom is -0.479 e. The highest BCUT2D eigenvalue weighted by Crippen LogP contribution is 2.26. The molecule has 0 bridgehead atoms. The Labute approximate surface area is 122 Å². The summed E-state index contributed by atoms with van der Waals surface area (Å²) in [5, 5.41) is 8.83. The van der Waals surface area contributed by atoms with Crippen LogP contribution in [0.15, 0.2) is 0 Å². The molecule has 0 aromatic rings. The van der Waals surface area contributed by atoms with E-state index in [-0.39, 0.29) is 31.3 Å². The van der Waals surface area contributed by atoms with Crippen molar-refractivity contribution in [1.29, 1.82) is 0 Å². The van der Waals surface area contributed by atoms with E-state index < -0.39 is 18.2 Å². The van der Waals surface area contributed by atoms with Crippen LogP contribution in [0.5, 0.6) is 0 Å². The summed E-state index contributed by atoms with van der Waals surface area (Å²) in [6.07, 6.45) is 4.01. The predicted octanol–water partition coefficient (Wildman–Crippen LogP) is 0.804. The molecule has 1 unspecified atom stereocenters. The van der Waals surface area contributed by atoms with Crippen molar-refractivity contribution in [3.05, 3.63) is 0 Å². The van der Waals surface area contributed by atoms with Gasteiger partial charge in [-0.25, -0.2) is 9.18 Å². The van der Waals surface area contributed by atoms with E-state index in [1.807, 2.05) is 0 Å². The van der Waals surface area contributed by atoms with Crippen LogP contribution in [0.1, 0.15) is 38.5 Å². The van der Waals surface area contributed by atoms with Crippen molar-refractivity contribution in [2.45, 2.75) is 44.2 Å². The predicted molar refractivity (Wildman–Crippen MR) is 72.3 cm³/mol. The molecule has 2 saturated heterocycles. The van der Waals surface area contributed by atoms with Gasteiger partial charge in [0.25, 0.3) is 0 Å². The number of hydrogen-bond donors (Lipinski definition) is 1. The van der Waals surface area contributed by atoms with Crippen LogP contribution in [-0.2, 0) is 14.4 Å². The van der Waals surface area contributed by atoms with Gasteiger partial charge in [-0.15, -0.1) is 0 Å². The zero-order chi connectivity index (χ0) is 15.5. The van der Waals surface area contributed by atoms with Gasteiger partial charge < -0.3 is 14.9 Å². The summed E-state index contributed by atoms with van der Waals surface area (Å²) in [6, 6.07) is 0. The number of amides is 2. The summed E-state index contributed by atoms with van der Waals surface area (Å²) in [4.78, 5) is 37.6.